The minimum absolute atomic E-state index is 0.0975. The topological polar surface area (TPSA) is 12.0 Å². The van der Waals surface area contributed by atoms with Gasteiger partial charge in [-0.2, -0.15) is 0 Å². The summed E-state index contributed by atoms with van der Waals surface area (Å²) in [5.41, 5.74) is 2.30. The molecule has 2 aromatic rings. The Hall–Kier alpha value is -0.540. The van der Waals surface area contributed by atoms with Crippen LogP contribution in [-0.4, -0.2) is 6.54 Å². The molecule has 0 fully saturated rings. The average Bonchev–Trinajstić information content (AvgIpc) is 2.44. The van der Waals surface area contributed by atoms with Gasteiger partial charge in [0.25, 0.3) is 0 Å². The molecule has 106 valence electrons. The van der Waals surface area contributed by atoms with E-state index in [2.05, 4.69) is 28.2 Å². The molecule has 1 unspecified atom stereocenters. The zero-order chi connectivity index (χ0) is 14.5. The summed E-state index contributed by atoms with van der Waals surface area (Å²) in [7, 11) is 0. The molecule has 0 saturated heterocycles. The maximum absolute atomic E-state index is 6.14. The van der Waals surface area contributed by atoms with Crippen molar-refractivity contribution in [1.29, 1.82) is 0 Å². The van der Waals surface area contributed by atoms with Gasteiger partial charge in [-0.15, -0.1) is 0 Å². The first kappa shape index (κ1) is 15.8. The highest BCUT2D eigenvalue weighted by Gasteiger charge is 2.16. The Balaban J connectivity index is 2.41. The van der Waals surface area contributed by atoms with Crippen molar-refractivity contribution < 1.29 is 0 Å². The highest BCUT2D eigenvalue weighted by atomic mass is 79.9. The van der Waals surface area contributed by atoms with Crippen molar-refractivity contribution in [3.63, 3.8) is 0 Å². The fraction of sp³-hybridized carbons (Fsp3) is 0.250. The molecule has 1 nitrogen and oxygen atoms in total. The SMILES string of the molecule is CCCNC(c1ccc(Cl)cc1)c1cc(Cl)ccc1Br. The molecule has 0 aliphatic heterocycles. The van der Waals surface area contributed by atoms with E-state index in [1.165, 1.54) is 5.56 Å². The van der Waals surface area contributed by atoms with Crippen molar-refractivity contribution >= 4 is 39.1 Å². The molecule has 0 saturated carbocycles. The number of nitrogens with one attached hydrogen (secondary N) is 1. The van der Waals surface area contributed by atoms with Crippen molar-refractivity contribution in [1.82, 2.24) is 5.32 Å². The van der Waals surface area contributed by atoms with Crippen LogP contribution in [0.25, 0.3) is 0 Å². The Kier molecular flexibility index (Phi) is 5.91. The summed E-state index contributed by atoms with van der Waals surface area (Å²) in [6, 6.07) is 13.9. The fourth-order valence-corrected chi connectivity index (χ4v) is 2.87. The molecule has 2 aromatic carbocycles. The van der Waals surface area contributed by atoms with Crippen LogP contribution in [0.2, 0.25) is 10.0 Å². The Morgan fingerprint density at radius 1 is 1.05 bits per heavy atom. The van der Waals surface area contributed by atoms with Crippen molar-refractivity contribution in [3.05, 3.63) is 68.1 Å². The van der Waals surface area contributed by atoms with Crippen LogP contribution in [0, 0.1) is 0 Å². The molecule has 0 aliphatic carbocycles. The van der Waals surface area contributed by atoms with Gasteiger partial charge in [0.1, 0.15) is 0 Å². The number of hydrogen-bond acceptors (Lipinski definition) is 1. The van der Waals surface area contributed by atoms with E-state index in [9.17, 15) is 0 Å². The normalized spacial score (nSPS) is 12.4. The first-order valence-electron chi connectivity index (χ1n) is 6.55. The van der Waals surface area contributed by atoms with Crippen molar-refractivity contribution in [2.24, 2.45) is 0 Å². The first-order chi connectivity index (χ1) is 9.61. The largest absolute Gasteiger partial charge is 0.306 e. The number of hydrogen-bond donors (Lipinski definition) is 1. The van der Waals surface area contributed by atoms with Crippen LogP contribution in [0.5, 0.6) is 0 Å². The van der Waals surface area contributed by atoms with E-state index >= 15 is 0 Å². The van der Waals surface area contributed by atoms with Gasteiger partial charge in [-0.1, -0.05) is 58.2 Å². The van der Waals surface area contributed by atoms with Gasteiger partial charge in [-0.25, -0.2) is 0 Å². The second-order valence-electron chi connectivity index (χ2n) is 4.60. The summed E-state index contributed by atoms with van der Waals surface area (Å²) in [5, 5.41) is 5.04. The molecule has 0 aromatic heterocycles. The van der Waals surface area contributed by atoms with Gasteiger partial charge in [0, 0.05) is 14.5 Å². The van der Waals surface area contributed by atoms with E-state index in [-0.39, 0.29) is 6.04 Å². The lowest BCUT2D eigenvalue weighted by Gasteiger charge is -2.21. The highest BCUT2D eigenvalue weighted by molar-refractivity contribution is 9.10. The van der Waals surface area contributed by atoms with E-state index in [0.29, 0.717) is 0 Å². The average molecular weight is 373 g/mol. The fourth-order valence-electron chi connectivity index (χ4n) is 2.09. The van der Waals surface area contributed by atoms with Crippen molar-refractivity contribution in [2.75, 3.05) is 6.54 Å². The summed E-state index contributed by atoms with van der Waals surface area (Å²) in [4.78, 5) is 0. The first-order valence-corrected chi connectivity index (χ1v) is 8.10. The quantitative estimate of drug-likeness (QED) is 0.694. The molecule has 1 atom stereocenters. The predicted molar refractivity (Wildman–Crippen MR) is 90.7 cm³/mol. The summed E-state index contributed by atoms with van der Waals surface area (Å²) in [6.45, 7) is 3.09. The second kappa shape index (κ2) is 7.46. The third-order valence-corrected chi connectivity index (χ3v) is 4.28. The molecule has 4 heteroatoms. The highest BCUT2D eigenvalue weighted by Crippen LogP contribution is 2.31. The van der Waals surface area contributed by atoms with E-state index in [0.717, 1.165) is 33.0 Å². The lowest BCUT2D eigenvalue weighted by Crippen LogP contribution is -2.23. The van der Waals surface area contributed by atoms with Crippen LogP contribution < -0.4 is 5.32 Å². The standard InChI is InChI=1S/C16H16BrCl2N/c1-2-9-20-16(11-3-5-12(18)6-4-11)14-10-13(19)7-8-15(14)17/h3-8,10,16,20H,2,9H2,1H3. The molecule has 0 bridgehead atoms. The summed E-state index contributed by atoms with van der Waals surface area (Å²) in [5.74, 6) is 0. The monoisotopic (exact) mass is 371 g/mol. The van der Waals surface area contributed by atoms with Crippen LogP contribution in [0.1, 0.15) is 30.5 Å². The van der Waals surface area contributed by atoms with E-state index in [4.69, 9.17) is 23.2 Å². The van der Waals surface area contributed by atoms with Crippen LogP contribution >= 0.6 is 39.1 Å². The van der Waals surface area contributed by atoms with Gasteiger partial charge in [-0.05, 0) is 54.4 Å². The van der Waals surface area contributed by atoms with Crippen LogP contribution in [0.3, 0.4) is 0 Å². The Bertz CT molecular complexity index is 569. The van der Waals surface area contributed by atoms with Gasteiger partial charge < -0.3 is 5.32 Å². The zero-order valence-electron chi connectivity index (χ0n) is 11.2. The number of halogens is 3. The number of benzene rings is 2. The van der Waals surface area contributed by atoms with Crippen molar-refractivity contribution in [2.45, 2.75) is 19.4 Å². The van der Waals surface area contributed by atoms with E-state index in [1.807, 2.05) is 42.5 Å². The minimum Gasteiger partial charge on any atom is -0.306 e. The van der Waals surface area contributed by atoms with Gasteiger partial charge in [0.05, 0.1) is 6.04 Å². The Morgan fingerprint density at radius 3 is 2.35 bits per heavy atom. The lowest BCUT2D eigenvalue weighted by molar-refractivity contribution is 0.597. The second-order valence-corrected chi connectivity index (χ2v) is 6.33. The van der Waals surface area contributed by atoms with Gasteiger partial charge in [0.2, 0.25) is 0 Å². The third-order valence-electron chi connectivity index (χ3n) is 3.07. The minimum atomic E-state index is 0.0975. The molecule has 1 N–H and O–H groups in total. The molecule has 20 heavy (non-hydrogen) atoms. The molecule has 0 radical (unpaired) electrons. The Labute approximate surface area is 138 Å². The molecular formula is C16H16BrCl2N. The molecule has 0 heterocycles. The Morgan fingerprint density at radius 2 is 1.70 bits per heavy atom. The summed E-state index contributed by atoms with van der Waals surface area (Å²) >= 11 is 15.7. The van der Waals surface area contributed by atoms with Gasteiger partial charge in [0.15, 0.2) is 0 Å². The molecule has 2 rings (SSSR count). The maximum atomic E-state index is 6.14. The van der Waals surface area contributed by atoms with Crippen molar-refractivity contribution in [3.8, 4) is 0 Å². The summed E-state index contributed by atoms with van der Waals surface area (Å²) < 4.78 is 1.05. The number of rotatable bonds is 5. The van der Waals surface area contributed by atoms with Crippen LogP contribution in [0.15, 0.2) is 46.9 Å². The lowest BCUT2D eigenvalue weighted by atomic mass is 9.98. The van der Waals surface area contributed by atoms with Gasteiger partial charge in [-0.3, -0.25) is 0 Å². The van der Waals surface area contributed by atoms with Crippen LogP contribution in [-0.2, 0) is 0 Å². The summed E-state index contributed by atoms with van der Waals surface area (Å²) in [6.07, 6.45) is 1.07. The van der Waals surface area contributed by atoms with Gasteiger partial charge >= 0.3 is 0 Å². The third kappa shape index (κ3) is 3.98. The van der Waals surface area contributed by atoms with E-state index < -0.39 is 0 Å². The zero-order valence-corrected chi connectivity index (χ0v) is 14.3. The van der Waals surface area contributed by atoms with E-state index in [1.54, 1.807) is 0 Å². The molecule has 0 aliphatic rings. The molecule has 0 amide bonds. The predicted octanol–water partition coefficient (Wildman–Crippen LogP) is 5.84. The smallest absolute Gasteiger partial charge is 0.0588 e. The molecule has 0 spiro atoms. The molecular weight excluding hydrogens is 357 g/mol. The van der Waals surface area contributed by atoms with Crippen LogP contribution in [0.4, 0.5) is 0 Å². The maximum Gasteiger partial charge on any atom is 0.0588 e.